The van der Waals surface area contributed by atoms with Gasteiger partial charge in [-0.15, -0.1) is 0 Å². The summed E-state index contributed by atoms with van der Waals surface area (Å²) in [4.78, 5) is 3.53. The molecule has 0 radical (unpaired) electrons. The molecule has 0 saturated heterocycles. The molecule has 0 unspecified atom stereocenters. The molecule has 70 valence electrons. The first kappa shape index (κ1) is 9.57. The Morgan fingerprint density at radius 2 is 2.00 bits per heavy atom. The number of hydrogen-bond donors (Lipinski definition) is 1. The average Bonchev–Trinajstić information content (AvgIpc) is 2.03. The highest BCUT2D eigenvalue weighted by Crippen LogP contribution is 2.31. The lowest BCUT2D eigenvalue weighted by atomic mass is 10.1. The molecule has 1 aromatic rings. The van der Waals surface area contributed by atoms with E-state index in [0.717, 1.165) is 6.20 Å². The van der Waals surface area contributed by atoms with Crippen LogP contribution in [0.15, 0.2) is 24.9 Å². The molecule has 5 heteroatoms. The zero-order valence-electron chi connectivity index (χ0n) is 6.60. The Morgan fingerprint density at radius 1 is 1.38 bits per heavy atom. The van der Waals surface area contributed by atoms with E-state index in [1.165, 1.54) is 12.1 Å². The van der Waals surface area contributed by atoms with Gasteiger partial charge < -0.3 is 5.73 Å². The van der Waals surface area contributed by atoms with Crippen molar-refractivity contribution in [2.45, 2.75) is 6.18 Å². The number of anilines is 1. The van der Waals surface area contributed by atoms with E-state index in [9.17, 15) is 13.2 Å². The van der Waals surface area contributed by atoms with E-state index in [4.69, 9.17) is 5.73 Å². The Hall–Kier alpha value is -1.52. The second-order valence-electron chi connectivity index (χ2n) is 2.45. The first-order chi connectivity index (χ1) is 5.91. The number of alkyl halides is 3. The van der Waals surface area contributed by atoms with Crippen molar-refractivity contribution in [1.82, 2.24) is 4.98 Å². The van der Waals surface area contributed by atoms with E-state index >= 15 is 0 Å². The van der Waals surface area contributed by atoms with Gasteiger partial charge in [0.05, 0.1) is 5.57 Å². The second kappa shape index (κ2) is 3.08. The lowest BCUT2D eigenvalue weighted by Gasteiger charge is -2.09. The van der Waals surface area contributed by atoms with Crippen LogP contribution in [0.1, 0.15) is 5.56 Å². The number of nitrogen functional groups attached to an aromatic ring is 1. The lowest BCUT2D eigenvalue weighted by Crippen LogP contribution is -2.09. The van der Waals surface area contributed by atoms with E-state index in [0.29, 0.717) is 0 Å². The van der Waals surface area contributed by atoms with Gasteiger partial charge in [0.1, 0.15) is 5.82 Å². The summed E-state index contributed by atoms with van der Waals surface area (Å²) in [6.45, 7) is 2.92. The summed E-state index contributed by atoms with van der Waals surface area (Å²) < 4.78 is 36.2. The van der Waals surface area contributed by atoms with Crippen LogP contribution in [0, 0.1) is 0 Å². The molecule has 0 saturated carbocycles. The van der Waals surface area contributed by atoms with Crippen LogP contribution in [0.3, 0.4) is 0 Å². The third-order valence-electron chi connectivity index (χ3n) is 1.48. The van der Waals surface area contributed by atoms with Crippen LogP contribution in [-0.2, 0) is 0 Å². The number of nitrogens with zero attached hydrogens (tertiary/aromatic N) is 1. The van der Waals surface area contributed by atoms with Crippen molar-refractivity contribution < 1.29 is 13.2 Å². The third-order valence-corrected chi connectivity index (χ3v) is 1.48. The molecule has 0 aliphatic carbocycles. The molecular weight excluding hydrogens is 181 g/mol. The lowest BCUT2D eigenvalue weighted by molar-refractivity contribution is -0.0686. The first-order valence-electron chi connectivity index (χ1n) is 3.39. The Kier molecular flexibility index (Phi) is 2.27. The van der Waals surface area contributed by atoms with Gasteiger partial charge in [0.2, 0.25) is 0 Å². The summed E-state index contributed by atoms with van der Waals surface area (Å²) in [5.74, 6) is 0.179. The predicted molar refractivity (Wildman–Crippen MR) is 43.7 cm³/mol. The SMILES string of the molecule is C=C(c1ccc(N)nc1)C(F)(F)F. The molecule has 1 aromatic heterocycles. The molecule has 1 heterocycles. The Labute approximate surface area is 72.9 Å². The van der Waals surface area contributed by atoms with Crippen molar-refractivity contribution in [3.05, 3.63) is 30.5 Å². The molecule has 0 fully saturated rings. The maximum Gasteiger partial charge on any atom is 0.416 e. The second-order valence-corrected chi connectivity index (χ2v) is 2.45. The molecule has 2 nitrogen and oxygen atoms in total. The van der Waals surface area contributed by atoms with Crippen LogP contribution >= 0.6 is 0 Å². The molecule has 0 aromatic carbocycles. The topological polar surface area (TPSA) is 38.9 Å². The average molecular weight is 188 g/mol. The number of allylic oxidation sites excluding steroid dienone is 1. The van der Waals surface area contributed by atoms with Crippen LogP contribution < -0.4 is 5.73 Å². The fourth-order valence-corrected chi connectivity index (χ4v) is 0.747. The van der Waals surface area contributed by atoms with Crippen LogP contribution in [0.25, 0.3) is 5.57 Å². The number of rotatable bonds is 1. The normalized spacial score (nSPS) is 11.3. The van der Waals surface area contributed by atoms with E-state index in [1.54, 1.807) is 0 Å². The number of halogens is 3. The highest BCUT2D eigenvalue weighted by Gasteiger charge is 2.32. The minimum atomic E-state index is -4.42. The predicted octanol–water partition coefficient (Wildman–Crippen LogP) is 2.24. The van der Waals surface area contributed by atoms with E-state index in [-0.39, 0.29) is 11.4 Å². The Bertz CT molecular complexity index is 313. The van der Waals surface area contributed by atoms with Crippen molar-refractivity contribution in [3.63, 3.8) is 0 Å². The highest BCUT2D eigenvalue weighted by molar-refractivity contribution is 5.67. The maximum absolute atomic E-state index is 12.1. The van der Waals surface area contributed by atoms with E-state index < -0.39 is 11.7 Å². The molecular formula is C8H7F3N2. The zero-order chi connectivity index (χ0) is 10.1. The first-order valence-corrected chi connectivity index (χ1v) is 3.39. The van der Waals surface area contributed by atoms with Crippen LogP contribution in [-0.4, -0.2) is 11.2 Å². The molecule has 2 N–H and O–H groups in total. The van der Waals surface area contributed by atoms with E-state index in [2.05, 4.69) is 11.6 Å². The zero-order valence-corrected chi connectivity index (χ0v) is 6.60. The Balaban J connectivity index is 2.97. The van der Waals surface area contributed by atoms with Crippen molar-refractivity contribution in [2.75, 3.05) is 5.73 Å². The van der Waals surface area contributed by atoms with Crippen molar-refractivity contribution >= 4 is 11.4 Å². The summed E-state index contributed by atoms with van der Waals surface area (Å²) >= 11 is 0. The van der Waals surface area contributed by atoms with Crippen LogP contribution in [0.4, 0.5) is 19.0 Å². The summed E-state index contributed by atoms with van der Waals surface area (Å²) in [6, 6.07) is 2.53. The number of aromatic nitrogens is 1. The van der Waals surface area contributed by atoms with Gasteiger partial charge >= 0.3 is 6.18 Å². The Morgan fingerprint density at radius 3 is 2.38 bits per heavy atom. The summed E-state index contributed by atoms with van der Waals surface area (Å²) in [6.07, 6.45) is -3.37. The van der Waals surface area contributed by atoms with Gasteiger partial charge in [-0.3, -0.25) is 0 Å². The molecule has 1 rings (SSSR count). The monoisotopic (exact) mass is 188 g/mol. The smallest absolute Gasteiger partial charge is 0.384 e. The highest BCUT2D eigenvalue weighted by atomic mass is 19.4. The summed E-state index contributed by atoms with van der Waals surface area (Å²) in [7, 11) is 0. The largest absolute Gasteiger partial charge is 0.416 e. The molecule has 0 spiro atoms. The molecule has 0 atom stereocenters. The van der Waals surface area contributed by atoms with Gasteiger partial charge in [-0.25, -0.2) is 4.98 Å². The van der Waals surface area contributed by atoms with Gasteiger partial charge in [-0.05, 0) is 12.1 Å². The quantitative estimate of drug-likeness (QED) is 0.733. The van der Waals surface area contributed by atoms with Crippen molar-refractivity contribution in [1.29, 1.82) is 0 Å². The fourth-order valence-electron chi connectivity index (χ4n) is 0.747. The van der Waals surface area contributed by atoms with Gasteiger partial charge in [0.25, 0.3) is 0 Å². The third kappa shape index (κ3) is 2.21. The van der Waals surface area contributed by atoms with Gasteiger partial charge in [-0.1, -0.05) is 6.58 Å². The summed E-state index contributed by atoms with van der Waals surface area (Å²) in [5, 5.41) is 0. The minimum Gasteiger partial charge on any atom is -0.384 e. The van der Waals surface area contributed by atoms with Gasteiger partial charge in [0, 0.05) is 11.8 Å². The van der Waals surface area contributed by atoms with Crippen molar-refractivity contribution in [2.24, 2.45) is 0 Å². The van der Waals surface area contributed by atoms with Crippen LogP contribution in [0.2, 0.25) is 0 Å². The number of nitrogens with two attached hydrogens (primary N) is 1. The van der Waals surface area contributed by atoms with Gasteiger partial charge in [0.15, 0.2) is 0 Å². The number of pyridine rings is 1. The fraction of sp³-hybridized carbons (Fsp3) is 0.125. The standard InChI is InChI=1S/C8H7F3N2/c1-5(8(9,10)11)6-2-3-7(12)13-4-6/h2-4H,1H2,(H2,12,13). The number of hydrogen-bond acceptors (Lipinski definition) is 2. The van der Waals surface area contributed by atoms with Crippen LogP contribution in [0.5, 0.6) is 0 Å². The molecule has 13 heavy (non-hydrogen) atoms. The molecule has 0 aliphatic rings. The van der Waals surface area contributed by atoms with Gasteiger partial charge in [-0.2, -0.15) is 13.2 Å². The summed E-state index contributed by atoms with van der Waals surface area (Å²) in [5.41, 5.74) is 4.23. The molecule has 0 aliphatic heterocycles. The minimum absolute atomic E-state index is 0.0679. The van der Waals surface area contributed by atoms with E-state index in [1.807, 2.05) is 0 Å². The van der Waals surface area contributed by atoms with Crippen molar-refractivity contribution in [3.8, 4) is 0 Å². The maximum atomic E-state index is 12.1. The molecule has 0 amide bonds. The molecule has 0 bridgehead atoms.